The van der Waals surface area contributed by atoms with Crippen LogP contribution >= 0.6 is 15.9 Å². The predicted molar refractivity (Wildman–Crippen MR) is 78.2 cm³/mol. The minimum Gasteiger partial charge on any atom is -0.496 e. The van der Waals surface area contributed by atoms with Crippen molar-refractivity contribution in [3.63, 3.8) is 0 Å². The minimum absolute atomic E-state index is 0.615. The first kappa shape index (κ1) is 12.4. The van der Waals surface area contributed by atoms with Crippen molar-refractivity contribution < 1.29 is 4.74 Å². The van der Waals surface area contributed by atoms with Gasteiger partial charge in [-0.3, -0.25) is 0 Å². The summed E-state index contributed by atoms with van der Waals surface area (Å²) in [4.78, 5) is 9.04. The Morgan fingerprint density at radius 2 is 2.11 bits per heavy atom. The number of nitrogens with two attached hydrogens (primary N) is 1. The van der Waals surface area contributed by atoms with E-state index in [1.165, 1.54) is 0 Å². The molecule has 0 saturated heterocycles. The van der Waals surface area contributed by atoms with E-state index < -0.39 is 0 Å². The van der Waals surface area contributed by atoms with Crippen molar-refractivity contribution in [3.05, 3.63) is 33.9 Å². The normalized spacial score (nSPS) is 13.4. The molecule has 1 aromatic carbocycles. The number of methoxy groups -OCH3 is 1. The summed E-state index contributed by atoms with van der Waals surface area (Å²) >= 11 is 3.47. The monoisotopic (exact) mass is 319 g/mol. The molecule has 1 aliphatic carbocycles. The Bertz CT molecular complexity index is 643. The van der Waals surface area contributed by atoms with Gasteiger partial charge in [-0.05, 0) is 53.4 Å². The van der Waals surface area contributed by atoms with Crippen LogP contribution in [0.15, 0.2) is 22.7 Å². The summed E-state index contributed by atoms with van der Waals surface area (Å²) in [5.74, 6) is 2.09. The average Bonchev–Trinajstić information content (AvgIpc) is 2.87. The number of aryl methyl sites for hydroxylation is 1. The summed E-state index contributed by atoms with van der Waals surface area (Å²) in [5.41, 5.74) is 9.17. The number of hydrogen-bond acceptors (Lipinski definition) is 4. The molecule has 3 rings (SSSR count). The molecule has 19 heavy (non-hydrogen) atoms. The van der Waals surface area contributed by atoms with Crippen molar-refractivity contribution in [2.75, 3.05) is 12.8 Å². The molecule has 1 heterocycles. The van der Waals surface area contributed by atoms with Crippen LogP contribution in [-0.2, 0) is 12.8 Å². The number of rotatable bonds is 2. The van der Waals surface area contributed by atoms with Gasteiger partial charge in [0.25, 0.3) is 0 Å². The molecule has 0 bridgehead atoms. The fourth-order valence-corrected chi connectivity index (χ4v) is 2.94. The second kappa shape index (κ2) is 4.81. The molecule has 0 spiro atoms. The Hall–Kier alpha value is -1.62. The van der Waals surface area contributed by atoms with Crippen LogP contribution in [0.1, 0.15) is 17.7 Å². The average molecular weight is 320 g/mol. The number of benzene rings is 1. The summed E-state index contributed by atoms with van der Waals surface area (Å²) in [6.45, 7) is 0. The van der Waals surface area contributed by atoms with Crippen LogP contribution in [0.3, 0.4) is 0 Å². The quantitative estimate of drug-likeness (QED) is 0.924. The smallest absolute Gasteiger partial charge is 0.161 e. The summed E-state index contributed by atoms with van der Waals surface area (Å²) < 4.78 is 6.11. The van der Waals surface area contributed by atoms with E-state index in [-0.39, 0.29) is 0 Å². The Kier molecular flexibility index (Phi) is 3.14. The van der Waals surface area contributed by atoms with Gasteiger partial charge in [-0.1, -0.05) is 0 Å². The van der Waals surface area contributed by atoms with Crippen LogP contribution in [0.5, 0.6) is 5.75 Å². The van der Waals surface area contributed by atoms with Crippen molar-refractivity contribution >= 4 is 21.7 Å². The van der Waals surface area contributed by atoms with E-state index in [9.17, 15) is 0 Å². The maximum atomic E-state index is 6.02. The van der Waals surface area contributed by atoms with Crippen LogP contribution in [0, 0.1) is 0 Å². The zero-order valence-electron chi connectivity index (χ0n) is 10.6. The fourth-order valence-electron chi connectivity index (χ4n) is 2.40. The van der Waals surface area contributed by atoms with Gasteiger partial charge in [0, 0.05) is 16.8 Å². The minimum atomic E-state index is 0.615. The topological polar surface area (TPSA) is 61.0 Å². The standard InChI is InChI=1S/C14H14BrN3O/c1-19-12-6-5-8(7-10(12)15)14-17-11-4-2-3-9(11)13(16)18-14/h5-7H,2-4H2,1H3,(H2,16,17,18). The Morgan fingerprint density at radius 1 is 1.26 bits per heavy atom. The van der Waals surface area contributed by atoms with Gasteiger partial charge in [-0.25, -0.2) is 9.97 Å². The molecule has 5 heteroatoms. The summed E-state index contributed by atoms with van der Waals surface area (Å²) in [6, 6.07) is 5.79. The third-order valence-corrected chi connectivity index (χ3v) is 3.99. The van der Waals surface area contributed by atoms with Crippen LogP contribution in [-0.4, -0.2) is 17.1 Å². The molecule has 2 aromatic rings. The van der Waals surface area contributed by atoms with Gasteiger partial charge in [-0.15, -0.1) is 0 Å². The Morgan fingerprint density at radius 3 is 2.84 bits per heavy atom. The molecule has 0 amide bonds. The zero-order chi connectivity index (χ0) is 13.4. The van der Waals surface area contributed by atoms with E-state index in [1.807, 2.05) is 18.2 Å². The van der Waals surface area contributed by atoms with Gasteiger partial charge in [0.1, 0.15) is 11.6 Å². The first-order chi connectivity index (χ1) is 9.19. The summed E-state index contributed by atoms with van der Waals surface area (Å²) in [7, 11) is 1.64. The van der Waals surface area contributed by atoms with Gasteiger partial charge in [0.2, 0.25) is 0 Å². The first-order valence-corrected chi connectivity index (χ1v) is 6.97. The van der Waals surface area contributed by atoms with E-state index in [2.05, 4.69) is 25.9 Å². The third-order valence-electron chi connectivity index (χ3n) is 3.38. The number of anilines is 1. The number of aromatic nitrogens is 2. The predicted octanol–water partition coefficient (Wildman–Crippen LogP) is 2.99. The highest BCUT2D eigenvalue weighted by Gasteiger charge is 2.18. The van der Waals surface area contributed by atoms with E-state index in [0.29, 0.717) is 11.6 Å². The molecule has 2 N–H and O–H groups in total. The molecule has 0 fully saturated rings. The lowest BCUT2D eigenvalue weighted by Crippen LogP contribution is -2.02. The van der Waals surface area contributed by atoms with Crippen LogP contribution in [0.25, 0.3) is 11.4 Å². The lowest BCUT2D eigenvalue weighted by molar-refractivity contribution is 0.412. The second-order valence-corrected chi connectivity index (χ2v) is 5.41. The third kappa shape index (κ3) is 2.18. The molecule has 1 aromatic heterocycles. The largest absolute Gasteiger partial charge is 0.496 e. The number of hydrogen-bond donors (Lipinski definition) is 1. The molecule has 0 saturated carbocycles. The van der Waals surface area contributed by atoms with Crippen LogP contribution < -0.4 is 10.5 Å². The van der Waals surface area contributed by atoms with E-state index in [4.69, 9.17) is 10.5 Å². The number of nitrogen functional groups attached to an aromatic ring is 1. The number of fused-ring (bicyclic) bond motifs is 1. The zero-order valence-corrected chi connectivity index (χ0v) is 12.2. The fraction of sp³-hybridized carbons (Fsp3) is 0.286. The number of ether oxygens (including phenoxy) is 1. The van der Waals surface area contributed by atoms with Gasteiger partial charge in [-0.2, -0.15) is 0 Å². The molecule has 0 radical (unpaired) electrons. The SMILES string of the molecule is COc1ccc(-c2nc(N)c3c(n2)CCC3)cc1Br. The lowest BCUT2D eigenvalue weighted by atomic mass is 10.2. The van der Waals surface area contributed by atoms with Crippen molar-refractivity contribution in [3.8, 4) is 17.1 Å². The van der Waals surface area contributed by atoms with Gasteiger partial charge in [0.05, 0.1) is 11.6 Å². The van der Waals surface area contributed by atoms with Crippen molar-refractivity contribution in [1.29, 1.82) is 0 Å². The van der Waals surface area contributed by atoms with Gasteiger partial charge in [0.15, 0.2) is 5.82 Å². The molecule has 0 aliphatic heterocycles. The van der Waals surface area contributed by atoms with Crippen LogP contribution in [0.2, 0.25) is 0 Å². The molecular formula is C14H14BrN3O. The molecule has 1 aliphatic rings. The van der Waals surface area contributed by atoms with E-state index in [0.717, 1.165) is 46.3 Å². The van der Waals surface area contributed by atoms with Gasteiger partial charge >= 0.3 is 0 Å². The van der Waals surface area contributed by atoms with Crippen LogP contribution in [0.4, 0.5) is 5.82 Å². The summed E-state index contributed by atoms with van der Waals surface area (Å²) in [6.07, 6.45) is 3.10. The second-order valence-electron chi connectivity index (χ2n) is 4.56. The number of halogens is 1. The highest BCUT2D eigenvalue weighted by Crippen LogP contribution is 2.31. The van der Waals surface area contributed by atoms with Crippen molar-refractivity contribution in [1.82, 2.24) is 9.97 Å². The number of nitrogens with zero attached hydrogens (tertiary/aromatic N) is 2. The molecule has 98 valence electrons. The maximum absolute atomic E-state index is 6.02. The lowest BCUT2D eigenvalue weighted by Gasteiger charge is -2.08. The maximum Gasteiger partial charge on any atom is 0.161 e. The molecule has 4 nitrogen and oxygen atoms in total. The molecule has 0 atom stereocenters. The van der Waals surface area contributed by atoms with E-state index >= 15 is 0 Å². The molecular weight excluding hydrogens is 306 g/mol. The highest BCUT2D eigenvalue weighted by atomic mass is 79.9. The molecule has 0 unspecified atom stereocenters. The Labute approximate surface area is 120 Å². The van der Waals surface area contributed by atoms with E-state index in [1.54, 1.807) is 7.11 Å². The van der Waals surface area contributed by atoms with Crippen molar-refractivity contribution in [2.45, 2.75) is 19.3 Å². The Balaban J connectivity index is 2.07. The van der Waals surface area contributed by atoms with Crippen molar-refractivity contribution in [2.24, 2.45) is 0 Å². The first-order valence-electron chi connectivity index (χ1n) is 6.18. The summed E-state index contributed by atoms with van der Waals surface area (Å²) in [5, 5.41) is 0. The highest BCUT2D eigenvalue weighted by molar-refractivity contribution is 9.10. The van der Waals surface area contributed by atoms with Gasteiger partial charge < -0.3 is 10.5 Å².